The number of nitrogens with zero attached hydrogens (tertiary/aromatic N) is 5. The Kier molecular flexibility index (Phi) is 12.3. The zero-order valence-corrected chi connectivity index (χ0v) is 27.7. The summed E-state index contributed by atoms with van der Waals surface area (Å²) in [5, 5.41) is 11.3. The summed E-state index contributed by atoms with van der Waals surface area (Å²) in [4.78, 5) is 18.4. The number of imidazole rings is 1. The van der Waals surface area contributed by atoms with E-state index in [-0.39, 0.29) is 10.9 Å². The molecule has 3 heterocycles. The van der Waals surface area contributed by atoms with Crippen LogP contribution in [0.3, 0.4) is 0 Å². The quantitative estimate of drug-likeness (QED) is 0.108. The zero-order valence-electron chi connectivity index (χ0n) is 21.4. The van der Waals surface area contributed by atoms with Crippen molar-refractivity contribution in [1.82, 2.24) is 24.8 Å². The summed E-state index contributed by atoms with van der Waals surface area (Å²) in [6.45, 7) is 2.10. The predicted molar refractivity (Wildman–Crippen MR) is 169 cm³/mol. The van der Waals surface area contributed by atoms with Gasteiger partial charge in [-0.05, 0) is 78.5 Å². The van der Waals surface area contributed by atoms with Gasteiger partial charge in [-0.3, -0.25) is 4.79 Å². The Balaban J connectivity index is 0.000000184. The SMILES string of the molecule is CSc1ccc(-c2cn3nc(Cl)sc3n2)c(C)c1.CSc1ccc(C(=O)CBr)c(C(F)(F)F)c1.Nc1nnc(Cl)s1. The summed E-state index contributed by atoms with van der Waals surface area (Å²) >= 11 is 19.5. The van der Waals surface area contributed by atoms with E-state index in [9.17, 15) is 18.0 Å². The van der Waals surface area contributed by atoms with Crippen LogP contribution in [0.1, 0.15) is 21.5 Å². The molecule has 2 aromatic carbocycles. The fourth-order valence-electron chi connectivity index (χ4n) is 3.27. The molecule has 0 saturated heterocycles. The van der Waals surface area contributed by atoms with Crippen molar-refractivity contribution in [3.8, 4) is 11.3 Å². The number of thioether (sulfide) groups is 2. The lowest BCUT2D eigenvalue weighted by molar-refractivity contribution is -0.138. The highest BCUT2D eigenvalue weighted by Gasteiger charge is 2.35. The minimum absolute atomic E-state index is 0.116. The van der Waals surface area contributed by atoms with E-state index >= 15 is 0 Å². The molecule has 0 aliphatic heterocycles. The van der Waals surface area contributed by atoms with Crippen molar-refractivity contribution >= 4 is 101 Å². The molecule has 0 atom stereocenters. The van der Waals surface area contributed by atoms with Crippen molar-refractivity contribution in [2.24, 2.45) is 0 Å². The summed E-state index contributed by atoms with van der Waals surface area (Å²) in [5.74, 6) is -0.569. The van der Waals surface area contributed by atoms with Crippen LogP contribution in [-0.4, -0.2) is 48.4 Å². The van der Waals surface area contributed by atoms with Gasteiger partial charge in [-0.15, -0.1) is 38.8 Å². The van der Waals surface area contributed by atoms with Crippen LogP contribution < -0.4 is 5.73 Å². The monoisotopic (exact) mass is 742 g/mol. The van der Waals surface area contributed by atoms with Gasteiger partial charge in [0.1, 0.15) is 0 Å². The first-order chi connectivity index (χ1) is 19.4. The van der Waals surface area contributed by atoms with Crippen LogP contribution in [0, 0.1) is 6.92 Å². The van der Waals surface area contributed by atoms with Crippen LogP contribution in [0.2, 0.25) is 8.93 Å². The van der Waals surface area contributed by atoms with E-state index in [1.165, 1.54) is 45.7 Å². The second kappa shape index (κ2) is 15.0. The van der Waals surface area contributed by atoms with Crippen molar-refractivity contribution < 1.29 is 18.0 Å². The number of hydrogen-bond acceptors (Lipinski definition) is 10. The third kappa shape index (κ3) is 9.30. The molecule has 0 amide bonds. The van der Waals surface area contributed by atoms with Crippen LogP contribution in [0.15, 0.2) is 52.4 Å². The maximum Gasteiger partial charge on any atom is 0.417 e. The molecule has 0 aliphatic carbocycles. The van der Waals surface area contributed by atoms with Crippen molar-refractivity contribution in [2.45, 2.75) is 22.9 Å². The molecular weight excluding hydrogens is 724 g/mol. The molecule has 41 heavy (non-hydrogen) atoms. The van der Waals surface area contributed by atoms with Crippen LogP contribution >= 0.6 is 85.3 Å². The molecule has 7 nitrogen and oxygen atoms in total. The number of anilines is 1. The summed E-state index contributed by atoms with van der Waals surface area (Å²) in [6.07, 6.45) is 1.17. The van der Waals surface area contributed by atoms with Gasteiger partial charge in [0, 0.05) is 20.9 Å². The minimum atomic E-state index is -4.50. The van der Waals surface area contributed by atoms with Gasteiger partial charge in [0.25, 0.3) is 0 Å². The smallest absolute Gasteiger partial charge is 0.374 e. The molecule has 3 aromatic heterocycles. The summed E-state index contributed by atoms with van der Waals surface area (Å²) in [6, 6.07) is 10.1. The number of ketones is 1. The fourth-order valence-corrected chi connectivity index (χ4v) is 6.02. The minimum Gasteiger partial charge on any atom is -0.374 e. The lowest BCUT2D eigenvalue weighted by atomic mass is 10.0. The molecule has 17 heteroatoms. The molecule has 0 aliphatic rings. The summed E-state index contributed by atoms with van der Waals surface area (Å²) < 4.78 is 40.7. The Morgan fingerprint density at radius 3 is 2.20 bits per heavy atom. The number of Topliss-reactive ketones (excluding diaryl/α,β-unsaturated/α-hetero) is 1. The third-order valence-corrected chi connectivity index (χ3v) is 8.92. The topological polar surface area (TPSA) is 99.1 Å². The Labute approximate surface area is 268 Å². The molecule has 0 radical (unpaired) electrons. The molecule has 5 rings (SSSR count). The van der Waals surface area contributed by atoms with Gasteiger partial charge in [0.05, 0.1) is 22.8 Å². The molecule has 0 unspecified atom stereocenters. The van der Waals surface area contributed by atoms with Gasteiger partial charge in [0.2, 0.25) is 19.0 Å². The van der Waals surface area contributed by atoms with E-state index in [4.69, 9.17) is 28.9 Å². The molecule has 0 spiro atoms. The molecule has 5 aromatic rings. The summed E-state index contributed by atoms with van der Waals surface area (Å²) in [5.41, 5.74) is 7.28. The molecule has 218 valence electrons. The molecule has 0 bridgehead atoms. The number of hydrogen-bond donors (Lipinski definition) is 1. The van der Waals surface area contributed by atoms with Gasteiger partial charge in [-0.1, -0.05) is 44.7 Å². The number of nitrogens with two attached hydrogens (primary N) is 1. The maximum atomic E-state index is 12.7. The Bertz CT molecular complexity index is 1600. The van der Waals surface area contributed by atoms with E-state index < -0.39 is 17.5 Å². The molecule has 0 fully saturated rings. The number of fused-ring (bicyclic) bond motifs is 1. The Morgan fingerprint density at radius 2 is 1.71 bits per heavy atom. The van der Waals surface area contributed by atoms with Gasteiger partial charge in [-0.2, -0.15) is 13.2 Å². The number of benzene rings is 2. The highest BCUT2D eigenvalue weighted by Crippen LogP contribution is 2.35. The lowest BCUT2D eigenvalue weighted by Crippen LogP contribution is -2.13. The third-order valence-electron chi connectivity index (χ3n) is 5.10. The van der Waals surface area contributed by atoms with Crippen LogP contribution in [0.25, 0.3) is 16.2 Å². The first-order valence-corrected chi connectivity index (χ1v) is 17.1. The predicted octanol–water partition coefficient (Wildman–Crippen LogP) is 8.92. The van der Waals surface area contributed by atoms with E-state index in [0.29, 0.717) is 19.0 Å². The highest BCUT2D eigenvalue weighted by molar-refractivity contribution is 9.09. The van der Waals surface area contributed by atoms with Gasteiger partial charge >= 0.3 is 6.18 Å². The number of alkyl halides is 4. The molecular formula is C24H20BrCl2F3N6OS4. The number of aryl methyl sites for hydroxylation is 1. The van der Waals surface area contributed by atoms with Gasteiger partial charge < -0.3 is 5.73 Å². The standard InChI is InChI=1S/C12H10ClN3S2.C10H8BrF3OS.C2H2ClN3S/c1-7-5-8(17-2)3-4-9(7)10-6-16-12(14-10)18-11(13)15-16;1-16-6-2-3-7(9(15)5-11)8(4-6)10(12,13)14;3-1-5-6-2(4)7-1/h3-6H,1-2H3;2-4H,5H2,1H3;(H2,4,6). The number of nitrogen functional groups attached to an aromatic ring is 1. The van der Waals surface area contributed by atoms with E-state index in [0.717, 1.165) is 33.6 Å². The highest BCUT2D eigenvalue weighted by atomic mass is 79.9. The number of carbonyl (C=O) groups is 1. The number of rotatable bonds is 5. The van der Waals surface area contributed by atoms with E-state index in [1.807, 2.05) is 6.20 Å². The van der Waals surface area contributed by atoms with Crippen LogP contribution in [0.5, 0.6) is 0 Å². The van der Waals surface area contributed by atoms with Gasteiger partial charge in [-0.25, -0.2) is 9.50 Å². The largest absolute Gasteiger partial charge is 0.417 e. The second-order valence-corrected chi connectivity index (χ2v) is 13.2. The second-order valence-electron chi connectivity index (χ2n) is 7.75. The first-order valence-electron chi connectivity index (χ1n) is 11.1. The number of aromatic nitrogens is 5. The number of carbonyl (C=O) groups excluding carboxylic acids is 1. The van der Waals surface area contributed by atoms with Crippen LogP contribution in [0.4, 0.5) is 18.3 Å². The Morgan fingerprint density at radius 1 is 1.05 bits per heavy atom. The lowest BCUT2D eigenvalue weighted by Gasteiger charge is -2.12. The van der Waals surface area contributed by atoms with Crippen LogP contribution in [-0.2, 0) is 6.18 Å². The normalized spacial score (nSPS) is 11.0. The van der Waals surface area contributed by atoms with E-state index in [1.54, 1.807) is 22.5 Å². The van der Waals surface area contributed by atoms with Crippen molar-refractivity contribution in [3.63, 3.8) is 0 Å². The average Bonchev–Trinajstić information content (AvgIpc) is 3.61. The maximum absolute atomic E-state index is 12.7. The van der Waals surface area contributed by atoms with Gasteiger partial charge in [0.15, 0.2) is 5.78 Å². The number of halogens is 6. The van der Waals surface area contributed by atoms with E-state index in [2.05, 4.69) is 67.6 Å². The first kappa shape index (κ1) is 33.6. The van der Waals surface area contributed by atoms with Crippen molar-refractivity contribution in [1.29, 1.82) is 0 Å². The molecule has 0 saturated carbocycles. The molecule has 2 N–H and O–H groups in total. The Hall–Kier alpha value is -1.88. The fraction of sp³-hybridized carbons (Fsp3) is 0.208. The van der Waals surface area contributed by atoms with Crippen molar-refractivity contribution in [3.05, 3.63) is 68.2 Å². The average molecular weight is 745 g/mol. The van der Waals surface area contributed by atoms with Crippen molar-refractivity contribution in [2.75, 3.05) is 23.6 Å². The zero-order chi connectivity index (χ0) is 30.3. The summed E-state index contributed by atoms with van der Waals surface area (Å²) in [7, 11) is 0.